The van der Waals surface area contributed by atoms with Crippen molar-refractivity contribution in [2.45, 2.75) is 58.1 Å². The zero-order valence-electron chi connectivity index (χ0n) is 10.8. The van der Waals surface area contributed by atoms with Gasteiger partial charge in [-0.15, -0.1) is 0 Å². The fraction of sp³-hybridized carbons (Fsp3) is 0.769. The molecule has 1 aliphatic carbocycles. The summed E-state index contributed by atoms with van der Waals surface area (Å²) in [6.07, 6.45) is 5.92. The van der Waals surface area contributed by atoms with Crippen molar-refractivity contribution < 1.29 is 9.26 Å². The molecule has 4 nitrogen and oxygen atoms in total. The van der Waals surface area contributed by atoms with E-state index in [2.05, 4.69) is 5.16 Å². The molecule has 0 spiro atoms. The Morgan fingerprint density at radius 2 is 2.00 bits per heavy atom. The van der Waals surface area contributed by atoms with Gasteiger partial charge in [-0.3, -0.25) is 0 Å². The molecule has 0 atom stereocenters. The summed E-state index contributed by atoms with van der Waals surface area (Å²) >= 11 is 0. The topological polar surface area (TPSA) is 61.3 Å². The zero-order chi connectivity index (χ0) is 12.3. The lowest BCUT2D eigenvalue weighted by molar-refractivity contribution is 0.0567. The minimum Gasteiger partial charge on any atom is -0.375 e. The monoisotopic (exact) mass is 238 g/mol. The van der Waals surface area contributed by atoms with Crippen LogP contribution < -0.4 is 5.73 Å². The first kappa shape index (κ1) is 12.6. The fourth-order valence-corrected chi connectivity index (χ4v) is 2.46. The second-order valence-electron chi connectivity index (χ2n) is 5.22. The molecular weight excluding hydrogens is 216 g/mol. The van der Waals surface area contributed by atoms with Crippen molar-refractivity contribution in [3.8, 4) is 0 Å². The second kappa shape index (κ2) is 5.19. The van der Waals surface area contributed by atoms with Crippen molar-refractivity contribution in [2.75, 3.05) is 6.61 Å². The van der Waals surface area contributed by atoms with Crippen LogP contribution >= 0.6 is 0 Å². The average molecular weight is 238 g/mol. The molecule has 1 saturated carbocycles. The SMILES string of the molecule is Cc1noc(C)c1COCC1(N)CCCCC1. The normalized spacial score (nSPS) is 19.5. The highest BCUT2D eigenvalue weighted by atomic mass is 16.5. The van der Waals surface area contributed by atoms with Gasteiger partial charge in [0, 0.05) is 11.1 Å². The van der Waals surface area contributed by atoms with Gasteiger partial charge in [-0.25, -0.2) is 0 Å². The smallest absolute Gasteiger partial charge is 0.139 e. The van der Waals surface area contributed by atoms with Gasteiger partial charge in [0.15, 0.2) is 0 Å². The Hall–Kier alpha value is -0.870. The summed E-state index contributed by atoms with van der Waals surface area (Å²) in [6.45, 7) is 5.04. The van der Waals surface area contributed by atoms with Crippen molar-refractivity contribution in [3.63, 3.8) is 0 Å². The van der Waals surface area contributed by atoms with Gasteiger partial charge in [0.2, 0.25) is 0 Å². The first-order valence-electron chi connectivity index (χ1n) is 6.39. The standard InChI is InChI=1S/C13H22N2O2/c1-10-12(11(2)17-15-10)8-16-9-13(14)6-4-3-5-7-13/h3-9,14H2,1-2H3. The summed E-state index contributed by atoms with van der Waals surface area (Å²) in [5, 5.41) is 3.91. The van der Waals surface area contributed by atoms with Gasteiger partial charge in [-0.2, -0.15) is 0 Å². The third-order valence-corrected chi connectivity index (χ3v) is 3.67. The first-order valence-corrected chi connectivity index (χ1v) is 6.39. The number of hydrogen-bond donors (Lipinski definition) is 1. The van der Waals surface area contributed by atoms with E-state index in [0.717, 1.165) is 29.9 Å². The molecular formula is C13H22N2O2. The molecule has 1 aliphatic rings. The van der Waals surface area contributed by atoms with Crippen LogP contribution in [-0.4, -0.2) is 17.3 Å². The highest BCUT2D eigenvalue weighted by Gasteiger charge is 2.27. The van der Waals surface area contributed by atoms with Crippen molar-refractivity contribution in [2.24, 2.45) is 5.73 Å². The van der Waals surface area contributed by atoms with Crippen molar-refractivity contribution in [1.82, 2.24) is 5.16 Å². The number of rotatable bonds is 4. The van der Waals surface area contributed by atoms with Gasteiger partial charge in [0.25, 0.3) is 0 Å². The van der Waals surface area contributed by atoms with E-state index in [1.165, 1.54) is 19.3 Å². The average Bonchev–Trinajstić information content (AvgIpc) is 2.61. The molecule has 0 aliphatic heterocycles. The molecule has 0 bridgehead atoms. The Morgan fingerprint density at radius 1 is 1.29 bits per heavy atom. The predicted octanol–water partition coefficient (Wildman–Crippen LogP) is 2.47. The number of aryl methyl sites for hydroxylation is 2. The van der Waals surface area contributed by atoms with Crippen LogP contribution in [0.3, 0.4) is 0 Å². The Labute approximate surface area is 102 Å². The zero-order valence-corrected chi connectivity index (χ0v) is 10.8. The van der Waals surface area contributed by atoms with E-state index < -0.39 is 0 Å². The summed E-state index contributed by atoms with van der Waals surface area (Å²) in [5.41, 5.74) is 8.17. The maximum atomic E-state index is 6.31. The molecule has 0 unspecified atom stereocenters. The van der Waals surface area contributed by atoms with Crippen LogP contribution in [0.5, 0.6) is 0 Å². The number of nitrogens with two attached hydrogens (primary N) is 1. The summed E-state index contributed by atoms with van der Waals surface area (Å²) in [7, 11) is 0. The van der Waals surface area contributed by atoms with Crippen LogP contribution in [-0.2, 0) is 11.3 Å². The lowest BCUT2D eigenvalue weighted by Crippen LogP contribution is -2.46. The fourth-order valence-electron chi connectivity index (χ4n) is 2.46. The number of aromatic nitrogens is 1. The summed E-state index contributed by atoms with van der Waals surface area (Å²) in [6, 6.07) is 0. The van der Waals surface area contributed by atoms with Crippen molar-refractivity contribution >= 4 is 0 Å². The molecule has 17 heavy (non-hydrogen) atoms. The van der Waals surface area contributed by atoms with Crippen LogP contribution in [0.1, 0.15) is 49.1 Å². The molecule has 0 amide bonds. The predicted molar refractivity (Wildman–Crippen MR) is 65.6 cm³/mol. The highest BCUT2D eigenvalue weighted by Crippen LogP contribution is 2.26. The minimum absolute atomic E-state index is 0.114. The molecule has 0 saturated heterocycles. The Bertz CT molecular complexity index is 348. The van der Waals surface area contributed by atoms with Crippen LogP contribution in [0.15, 0.2) is 4.52 Å². The third-order valence-electron chi connectivity index (χ3n) is 3.67. The quantitative estimate of drug-likeness (QED) is 0.875. The van der Waals surface area contributed by atoms with E-state index in [-0.39, 0.29) is 5.54 Å². The highest BCUT2D eigenvalue weighted by molar-refractivity contribution is 5.19. The molecule has 0 aromatic carbocycles. The van der Waals surface area contributed by atoms with E-state index in [0.29, 0.717) is 13.2 Å². The van der Waals surface area contributed by atoms with Gasteiger partial charge in [0.05, 0.1) is 18.9 Å². The largest absolute Gasteiger partial charge is 0.375 e. The van der Waals surface area contributed by atoms with Crippen molar-refractivity contribution in [1.29, 1.82) is 0 Å². The van der Waals surface area contributed by atoms with E-state index in [9.17, 15) is 0 Å². The summed E-state index contributed by atoms with van der Waals surface area (Å²) in [4.78, 5) is 0. The van der Waals surface area contributed by atoms with Gasteiger partial charge in [-0.05, 0) is 26.7 Å². The van der Waals surface area contributed by atoms with Gasteiger partial charge >= 0.3 is 0 Å². The summed E-state index contributed by atoms with van der Waals surface area (Å²) in [5.74, 6) is 0.845. The van der Waals surface area contributed by atoms with Gasteiger partial charge in [0.1, 0.15) is 5.76 Å². The second-order valence-corrected chi connectivity index (χ2v) is 5.22. The third kappa shape index (κ3) is 3.07. The van der Waals surface area contributed by atoms with E-state index in [4.69, 9.17) is 15.0 Å². The Kier molecular flexibility index (Phi) is 3.84. The lowest BCUT2D eigenvalue weighted by Gasteiger charge is -2.32. The van der Waals surface area contributed by atoms with Crippen LogP contribution in [0, 0.1) is 13.8 Å². The first-order chi connectivity index (χ1) is 8.11. The summed E-state index contributed by atoms with van der Waals surface area (Å²) < 4.78 is 10.9. The molecule has 1 aromatic rings. The van der Waals surface area contributed by atoms with Crippen molar-refractivity contribution in [3.05, 3.63) is 17.0 Å². The van der Waals surface area contributed by atoms with Crippen LogP contribution in [0.4, 0.5) is 0 Å². The molecule has 96 valence electrons. The molecule has 1 fully saturated rings. The van der Waals surface area contributed by atoms with Gasteiger partial charge < -0.3 is 15.0 Å². The molecule has 1 heterocycles. The molecule has 0 radical (unpaired) electrons. The molecule has 4 heteroatoms. The molecule has 2 rings (SSSR count). The maximum Gasteiger partial charge on any atom is 0.139 e. The maximum absolute atomic E-state index is 6.31. The van der Waals surface area contributed by atoms with Crippen LogP contribution in [0.2, 0.25) is 0 Å². The Balaban J connectivity index is 1.83. The van der Waals surface area contributed by atoms with E-state index in [1.807, 2.05) is 13.8 Å². The lowest BCUT2D eigenvalue weighted by atomic mass is 9.83. The molecule has 1 aromatic heterocycles. The van der Waals surface area contributed by atoms with E-state index >= 15 is 0 Å². The van der Waals surface area contributed by atoms with E-state index in [1.54, 1.807) is 0 Å². The minimum atomic E-state index is -0.114. The number of nitrogens with zero attached hydrogens (tertiary/aromatic N) is 1. The van der Waals surface area contributed by atoms with Gasteiger partial charge in [-0.1, -0.05) is 24.4 Å². The Morgan fingerprint density at radius 3 is 2.59 bits per heavy atom. The number of ether oxygens (including phenoxy) is 1. The molecule has 2 N–H and O–H groups in total. The van der Waals surface area contributed by atoms with Crippen LogP contribution in [0.25, 0.3) is 0 Å². The number of hydrogen-bond acceptors (Lipinski definition) is 4.